The van der Waals surface area contributed by atoms with E-state index in [-0.39, 0.29) is 11.9 Å². The molecule has 0 spiro atoms. The SMILES string of the molecule is N#CC1CN(C(=O)Cc2cccc3ccccc23)CCN1C1CC1. The standard InChI is InChI=1S/C20H21N3O/c21-13-18-14-22(10-11-23(18)17-8-9-17)20(24)12-16-6-3-5-15-4-1-2-7-19(15)16/h1-7,17-18H,8-12,14H2. The molecule has 24 heavy (non-hydrogen) atoms. The lowest BCUT2D eigenvalue weighted by Crippen LogP contribution is -2.55. The Morgan fingerprint density at radius 1 is 1.12 bits per heavy atom. The highest BCUT2D eigenvalue weighted by Gasteiger charge is 2.38. The summed E-state index contributed by atoms with van der Waals surface area (Å²) in [5.41, 5.74) is 1.07. The van der Waals surface area contributed by atoms with Gasteiger partial charge in [-0.3, -0.25) is 9.69 Å². The first-order valence-corrected chi connectivity index (χ1v) is 8.66. The Hall–Kier alpha value is -2.38. The lowest BCUT2D eigenvalue weighted by molar-refractivity contribution is -0.133. The average Bonchev–Trinajstić information content (AvgIpc) is 3.46. The highest BCUT2D eigenvalue weighted by molar-refractivity contribution is 5.90. The van der Waals surface area contributed by atoms with Crippen LogP contribution in [0.1, 0.15) is 18.4 Å². The molecular formula is C20H21N3O. The van der Waals surface area contributed by atoms with Crippen LogP contribution in [0.25, 0.3) is 10.8 Å². The van der Waals surface area contributed by atoms with Crippen LogP contribution in [0.15, 0.2) is 42.5 Å². The van der Waals surface area contributed by atoms with Crippen LogP contribution in [0.3, 0.4) is 0 Å². The van der Waals surface area contributed by atoms with Crippen molar-refractivity contribution in [3.05, 3.63) is 48.0 Å². The first kappa shape index (κ1) is 15.2. The molecule has 0 N–H and O–H groups in total. The van der Waals surface area contributed by atoms with Gasteiger partial charge in [-0.2, -0.15) is 5.26 Å². The predicted octanol–water partition coefficient (Wildman–Crippen LogP) is 2.58. The van der Waals surface area contributed by atoms with E-state index in [1.54, 1.807) is 0 Å². The Labute approximate surface area is 142 Å². The van der Waals surface area contributed by atoms with Crippen LogP contribution >= 0.6 is 0 Å². The van der Waals surface area contributed by atoms with Crippen molar-refractivity contribution in [3.63, 3.8) is 0 Å². The molecule has 1 aliphatic carbocycles. The Bertz CT molecular complexity index is 801. The van der Waals surface area contributed by atoms with Crippen LogP contribution in [0.4, 0.5) is 0 Å². The summed E-state index contributed by atoms with van der Waals surface area (Å²) >= 11 is 0. The highest BCUT2D eigenvalue weighted by atomic mass is 16.2. The molecule has 1 saturated carbocycles. The normalized spacial score (nSPS) is 21.6. The van der Waals surface area contributed by atoms with E-state index >= 15 is 0 Å². The molecule has 1 saturated heterocycles. The molecule has 1 atom stereocenters. The number of carbonyl (C=O) groups excluding carboxylic acids is 1. The Kier molecular flexibility index (Phi) is 3.95. The molecular weight excluding hydrogens is 298 g/mol. The Morgan fingerprint density at radius 3 is 2.71 bits per heavy atom. The summed E-state index contributed by atoms with van der Waals surface area (Å²) in [5, 5.41) is 11.7. The molecule has 2 aromatic carbocycles. The molecule has 1 aliphatic heterocycles. The lowest BCUT2D eigenvalue weighted by Gasteiger charge is -2.38. The van der Waals surface area contributed by atoms with Gasteiger partial charge in [-0.1, -0.05) is 42.5 Å². The van der Waals surface area contributed by atoms with E-state index < -0.39 is 0 Å². The van der Waals surface area contributed by atoms with Gasteiger partial charge < -0.3 is 4.90 Å². The molecule has 0 radical (unpaired) electrons. The maximum atomic E-state index is 12.8. The quantitative estimate of drug-likeness (QED) is 0.873. The Morgan fingerprint density at radius 2 is 1.92 bits per heavy atom. The van der Waals surface area contributed by atoms with Crippen LogP contribution in [0.5, 0.6) is 0 Å². The lowest BCUT2D eigenvalue weighted by atomic mass is 10.0. The van der Waals surface area contributed by atoms with Gasteiger partial charge in [0.2, 0.25) is 5.91 Å². The predicted molar refractivity (Wildman–Crippen MR) is 93.4 cm³/mol. The highest BCUT2D eigenvalue weighted by Crippen LogP contribution is 2.30. The van der Waals surface area contributed by atoms with E-state index in [1.807, 2.05) is 29.2 Å². The number of carbonyl (C=O) groups is 1. The maximum Gasteiger partial charge on any atom is 0.227 e. The largest absolute Gasteiger partial charge is 0.338 e. The fourth-order valence-electron chi connectivity index (χ4n) is 3.70. The molecule has 1 unspecified atom stereocenters. The zero-order valence-electron chi connectivity index (χ0n) is 13.7. The molecule has 0 bridgehead atoms. The molecule has 2 aromatic rings. The molecule has 122 valence electrons. The van der Waals surface area contributed by atoms with Gasteiger partial charge in [-0.05, 0) is 29.2 Å². The smallest absolute Gasteiger partial charge is 0.227 e. The van der Waals surface area contributed by atoms with Crippen molar-refractivity contribution in [2.75, 3.05) is 19.6 Å². The van der Waals surface area contributed by atoms with Crippen LogP contribution < -0.4 is 0 Å². The summed E-state index contributed by atoms with van der Waals surface area (Å²) in [5.74, 6) is 0.127. The molecule has 4 nitrogen and oxygen atoms in total. The average molecular weight is 319 g/mol. The van der Waals surface area contributed by atoms with Crippen LogP contribution in [0, 0.1) is 11.3 Å². The summed E-state index contributed by atoms with van der Waals surface area (Å²) in [6, 6.07) is 17.1. The minimum atomic E-state index is -0.150. The maximum absolute atomic E-state index is 12.8. The monoisotopic (exact) mass is 319 g/mol. The van der Waals surface area contributed by atoms with Gasteiger partial charge in [0.1, 0.15) is 6.04 Å². The van der Waals surface area contributed by atoms with Crippen molar-refractivity contribution in [3.8, 4) is 6.07 Å². The third-order valence-corrected chi connectivity index (χ3v) is 5.16. The molecule has 2 aliphatic rings. The molecule has 4 heteroatoms. The van der Waals surface area contributed by atoms with E-state index in [2.05, 4.69) is 29.2 Å². The first-order chi connectivity index (χ1) is 11.8. The number of amides is 1. The van der Waals surface area contributed by atoms with Crippen molar-refractivity contribution in [2.45, 2.75) is 31.3 Å². The fourth-order valence-corrected chi connectivity index (χ4v) is 3.70. The zero-order valence-corrected chi connectivity index (χ0v) is 13.7. The summed E-state index contributed by atoms with van der Waals surface area (Å²) in [6.45, 7) is 2.10. The molecule has 4 rings (SSSR count). The van der Waals surface area contributed by atoms with E-state index in [4.69, 9.17) is 0 Å². The minimum absolute atomic E-state index is 0.127. The van der Waals surface area contributed by atoms with Crippen molar-refractivity contribution in [1.29, 1.82) is 5.26 Å². The molecule has 1 heterocycles. The summed E-state index contributed by atoms with van der Waals surface area (Å²) in [7, 11) is 0. The van der Waals surface area contributed by atoms with Crippen molar-refractivity contribution < 1.29 is 4.79 Å². The first-order valence-electron chi connectivity index (χ1n) is 8.66. The van der Waals surface area contributed by atoms with Crippen molar-refractivity contribution in [1.82, 2.24) is 9.80 Å². The van der Waals surface area contributed by atoms with Gasteiger partial charge >= 0.3 is 0 Å². The fraction of sp³-hybridized carbons (Fsp3) is 0.400. The van der Waals surface area contributed by atoms with Crippen LogP contribution in [-0.4, -0.2) is 47.4 Å². The number of hydrogen-bond donors (Lipinski definition) is 0. The van der Waals surface area contributed by atoms with Gasteiger partial charge in [0.25, 0.3) is 0 Å². The number of nitriles is 1. The topological polar surface area (TPSA) is 47.3 Å². The minimum Gasteiger partial charge on any atom is -0.338 e. The third-order valence-electron chi connectivity index (χ3n) is 5.16. The Balaban J connectivity index is 1.49. The third kappa shape index (κ3) is 2.88. The van der Waals surface area contributed by atoms with Gasteiger partial charge in [-0.25, -0.2) is 0 Å². The van der Waals surface area contributed by atoms with Crippen LogP contribution in [0.2, 0.25) is 0 Å². The van der Waals surface area contributed by atoms with E-state index in [1.165, 1.54) is 12.8 Å². The number of piperazine rings is 1. The van der Waals surface area contributed by atoms with Crippen LogP contribution in [-0.2, 0) is 11.2 Å². The van der Waals surface area contributed by atoms with E-state index in [0.29, 0.717) is 19.0 Å². The van der Waals surface area contributed by atoms with Gasteiger partial charge in [-0.15, -0.1) is 0 Å². The second-order valence-electron chi connectivity index (χ2n) is 6.77. The number of rotatable bonds is 3. The van der Waals surface area contributed by atoms with Crippen molar-refractivity contribution in [2.24, 2.45) is 0 Å². The number of nitrogens with zero attached hydrogens (tertiary/aromatic N) is 3. The summed E-state index contributed by atoms with van der Waals surface area (Å²) in [4.78, 5) is 16.9. The van der Waals surface area contributed by atoms with E-state index in [9.17, 15) is 10.1 Å². The second kappa shape index (κ2) is 6.26. The zero-order chi connectivity index (χ0) is 16.5. The molecule has 2 fully saturated rings. The summed E-state index contributed by atoms with van der Waals surface area (Å²) in [6.07, 6.45) is 2.80. The molecule has 0 aromatic heterocycles. The second-order valence-corrected chi connectivity index (χ2v) is 6.77. The number of fused-ring (bicyclic) bond motifs is 1. The summed E-state index contributed by atoms with van der Waals surface area (Å²) < 4.78 is 0. The number of hydrogen-bond acceptors (Lipinski definition) is 3. The number of benzene rings is 2. The van der Waals surface area contributed by atoms with Gasteiger partial charge in [0, 0.05) is 25.7 Å². The van der Waals surface area contributed by atoms with Crippen molar-refractivity contribution >= 4 is 16.7 Å². The molecule has 1 amide bonds. The van der Waals surface area contributed by atoms with Gasteiger partial charge in [0.15, 0.2) is 0 Å². The van der Waals surface area contributed by atoms with Gasteiger partial charge in [0.05, 0.1) is 12.5 Å². The van der Waals surface area contributed by atoms with E-state index in [0.717, 1.165) is 29.4 Å².